The van der Waals surface area contributed by atoms with Crippen LogP contribution in [0.1, 0.15) is 65.7 Å². The molecule has 26 nitrogen and oxygen atoms in total. The number of nitrogens with zero attached hydrogens (tertiary/aromatic N) is 9. The van der Waals surface area contributed by atoms with Crippen LogP contribution in [0.5, 0.6) is 0 Å². The molecule has 0 aromatic rings. The predicted molar refractivity (Wildman–Crippen MR) is 259 cm³/mol. The number of unbranched alkanes of at least 4 members (excludes halogenated alkanes) is 3. The van der Waals surface area contributed by atoms with Crippen LogP contribution in [-0.2, 0) is 68.7 Å². The number of phosphoric acid groups is 1. The molecule has 6 saturated heterocycles. The molecule has 6 aliphatic rings. The van der Waals surface area contributed by atoms with Gasteiger partial charge in [0.2, 0.25) is 17.9 Å². The van der Waals surface area contributed by atoms with Crippen LogP contribution in [-0.4, -0.2) is 234 Å². The zero-order valence-electron chi connectivity index (χ0n) is 42.1. The van der Waals surface area contributed by atoms with Crippen LogP contribution in [0.2, 0.25) is 0 Å². The SMILES string of the molecule is CN1CCN(C)C1=NP(=O)(OC[C@H]1OCC[C@H]1OP(=O)(N=C1N(C)CCN1C)OC[C@H]1OCC[C@H]1OP(=O)(N=C1N(C)CCN1C)OC(C)(C)C)O[C@@H]1CCO[C@@H]1COP(=O)(O)OCCCCCCO. The van der Waals surface area contributed by atoms with Crippen molar-refractivity contribution in [2.75, 3.05) is 134 Å². The normalized spacial score (nSPS) is 29.0. The number of guanidine groups is 3. The molecule has 0 aliphatic carbocycles. The van der Waals surface area contributed by atoms with Gasteiger partial charge in [-0.3, -0.25) is 36.2 Å². The summed E-state index contributed by atoms with van der Waals surface area (Å²) in [5.74, 6) is 1.18. The number of hydrogen-bond acceptors (Lipinski definition) is 16. The molecule has 0 aromatic heterocycles. The molecule has 2 N–H and O–H groups in total. The molecule has 10 atom stereocenters. The maximum Gasteiger partial charge on any atom is 0.472 e. The summed E-state index contributed by atoms with van der Waals surface area (Å²) >= 11 is 0. The number of aliphatic hydroxyl groups is 1. The minimum atomic E-state index is -4.47. The lowest BCUT2D eigenvalue weighted by Gasteiger charge is -2.29. The Kier molecular flexibility index (Phi) is 20.7. The van der Waals surface area contributed by atoms with Gasteiger partial charge in [-0.05, 0) is 33.6 Å². The maximum absolute atomic E-state index is 15.0. The Labute approximate surface area is 412 Å². The first-order valence-electron chi connectivity index (χ1n) is 24.0. The summed E-state index contributed by atoms with van der Waals surface area (Å²) in [5.41, 5.74) is -0.882. The van der Waals surface area contributed by atoms with Gasteiger partial charge in [0.15, 0.2) is 0 Å². The van der Waals surface area contributed by atoms with E-state index in [-0.39, 0.29) is 59.1 Å². The van der Waals surface area contributed by atoms with Crippen LogP contribution in [0.25, 0.3) is 0 Å². The Bertz CT molecular complexity index is 1980. The van der Waals surface area contributed by atoms with Gasteiger partial charge in [-0.15, -0.1) is 14.3 Å². The largest absolute Gasteiger partial charge is 0.472 e. The van der Waals surface area contributed by atoms with Gasteiger partial charge in [0.05, 0.1) is 50.3 Å². The summed E-state index contributed by atoms with van der Waals surface area (Å²) in [4.78, 5) is 21.3. The van der Waals surface area contributed by atoms with Crippen molar-refractivity contribution in [3.05, 3.63) is 0 Å². The fraction of sp³-hybridized carbons (Fsp3) is 0.925. The van der Waals surface area contributed by atoms with E-state index >= 15 is 4.57 Å². The molecular formula is C40H77N9O17P4. The van der Waals surface area contributed by atoms with E-state index in [2.05, 4.69) is 14.3 Å². The van der Waals surface area contributed by atoms with Gasteiger partial charge in [0.25, 0.3) is 0 Å². The van der Waals surface area contributed by atoms with Gasteiger partial charge in [0, 0.05) is 127 Å². The molecule has 6 heterocycles. The second-order valence-electron chi connectivity index (χ2n) is 19.2. The third-order valence-corrected chi connectivity index (χ3v) is 17.7. The highest BCUT2D eigenvalue weighted by Gasteiger charge is 2.46. The minimum Gasteiger partial charge on any atom is -0.396 e. The van der Waals surface area contributed by atoms with E-state index in [0.29, 0.717) is 82.8 Å². The second-order valence-corrected chi connectivity index (χ2v) is 25.4. The van der Waals surface area contributed by atoms with Gasteiger partial charge >= 0.3 is 31.1 Å². The molecule has 0 amide bonds. The lowest BCUT2D eigenvalue weighted by molar-refractivity contribution is -0.0144. The molecule has 30 heteroatoms. The van der Waals surface area contributed by atoms with Crippen LogP contribution in [0, 0.1) is 0 Å². The molecule has 70 heavy (non-hydrogen) atoms. The average Bonchev–Trinajstić information content (AvgIpc) is 4.17. The zero-order valence-corrected chi connectivity index (χ0v) is 45.7. The molecule has 0 saturated carbocycles. The van der Waals surface area contributed by atoms with Crippen molar-refractivity contribution in [1.29, 1.82) is 0 Å². The molecule has 6 fully saturated rings. The average molecular weight is 1080 g/mol. The van der Waals surface area contributed by atoms with Crippen molar-refractivity contribution >= 4 is 48.9 Å². The number of likely N-dealkylation sites (N-methyl/N-ethyl adjacent to an activating group) is 6. The van der Waals surface area contributed by atoms with E-state index in [9.17, 15) is 18.6 Å². The Morgan fingerprint density at radius 1 is 0.529 bits per heavy atom. The van der Waals surface area contributed by atoms with E-state index in [1.807, 2.05) is 47.8 Å². The quantitative estimate of drug-likeness (QED) is 0.0913. The standard InChI is InChI=1S/C40H77N9O17P4/c1-40(2,3)66-69(53,43-39-48(8)21-22-49(39)9)65-33-16-27-57-35(33)29-61-67(51,41-37-44(4)17-18-45(37)5)63-31-14-25-56-34(31)28-60-68(52,42-38-46(6)19-20-47(38)7)64-32-15-26-58-36(32)30-62-70(54,55)59-24-13-11-10-12-23-50/h31-36,50H,10-30H2,1-9H3,(H,54,55)/t31-,32-,33-,34-,35-,36-,67?,68?,69?/m1/s1. The van der Waals surface area contributed by atoms with E-state index in [1.165, 1.54) is 0 Å². The van der Waals surface area contributed by atoms with Crippen molar-refractivity contribution in [2.24, 2.45) is 14.3 Å². The van der Waals surface area contributed by atoms with Gasteiger partial charge in [-0.1, -0.05) is 12.8 Å². The summed E-state index contributed by atoms with van der Waals surface area (Å²) in [6.45, 7) is 8.58. The zero-order chi connectivity index (χ0) is 50.9. The Balaban J connectivity index is 1.15. The van der Waals surface area contributed by atoms with Crippen molar-refractivity contribution < 1.29 is 78.7 Å². The molecule has 4 unspecified atom stereocenters. The highest BCUT2D eigenvalue weighted by atomic mass is 31.2. The molecule has 6 aliphatic heterocycles. The van der Waals surface area contributed by atoms with E-state index in [1.54, 1.807) is 44.7 Å². The monoisotopic (exact) mass is 1080 g/mol. The van der Waals surface area contributed by atoms with Gasteiger partial charge in [-0.25, -0.2) is 18.3 Å². The van der Waals surface area contributed by atoms with Gasteiger partial charge in [-0.2, -0.15) is 0 Å². The second kappa shape index (κ2) is 25.2. The molecule has 0 radical (unpaired) electrons. The van der Waals surface area contributed by atoms with Crippen LogP contribution in [0.3, 0.4) is 0 Å². The fourth-order valence-corrected chi connectivity index (χ4v) is 14.2. The Morgan fingerprint density at radius 3 is 1.24 bits per heavy atom. The topological polar surface area (TPSA) is 267 Å². The number of ether oxygens (including phenoxy) is 3. The number of hydrogen-bond donors (Lipinski definition) is 2. The first-order chi connectivity index (χ1) is 33.0. The lowest BCUT2D eigenvalue weighted by atomic mass is 10.2. The van der Waals surface area contributed by atoms with Crippen LogP contribution < -0.4 is 0 Å². The van der Waals surface area contributed by atoms with E-state index in [4.69, 9.17) is 55.5 Å². The Morgan fingerprint density at radius 2 is 0.871 bits per heavy atom. The first-order valence-corrected chi connectivity index (χ1v) is 30.0. The molecule has 0 spiro atoms. The summed E-state index contributed by atoms with van der Waals surface area (Å²) in [7, 11) is -6.61. The van der Waals surface area contributed by atoms with Gasteiger partial charge in [0.1, 0.15) is 18.3 Å². The number of rotatable bonds is 26. The van der Waals surface area contributed by atoms with Crippen molar-refractivity contribution in [3.63, 3.8) is 0 Å². The molecule has 0 aromatic carbocycles. The molecule has 404 valence electrons. The molecule has 0 bridgehead atoms. The molecular weight excluding hydrogens is 1000 g/mol. The lowest BCUT2D eigenvalue weighted by Crippen LogP contribution is -2.33. The highest BCUT2D eigenvalue weighted by Crippen LogP contribution is 2.58. The van der Waals surface area contributed by atoms with Crippen molar-refractivity contribution in [3.8, 4) is 0 Å². The number of phosphoric ester groups is 1. The minimum absolute atomic E-state index is 0.0151. The summed E-state index contributed by atoms with van der Waals surface area (Å²) in [6.07, 6.45) is -2.01. The van der Waals surface area contributed by atoms with Crippen LogP contribution in [0.4, 0.5) is 0 Å². The van der Waals surface area contributed by atoms with Crippen LogP contribution in [0.15, 0.2) is 14.3 Å². The van der Waals surface area contributed by atoms with E-state index < -0.39 is 79.9 Å². The van der Waals surface area contributed by atoms with Crippen LogP contribution >= 0.6 is 31.1 Å². The highest BCUT2D eigenvalue weighted by molar-refractivity contribution is 7.53. The third kappa shape index (κ3) is 16.6. The summed E-state index contributed by atoms with van der Waals surface area (Å²) in [5, 5.41) is 8.98. The van der Waals surface area contributed by atoms with E-state index in [0.717, 1.165) is 6.42 Å². The first kappa shape index (κ1) is 57.5. The third-order valence-electron chi connectivity index (χ3n) is 12.2. The summed E-state index contributed by atoms with van der Waals surface area (Å²) < 4.78 is 136. The maximum atomic E-state index is 15.0. The van der Waals surface area contributed by atoms with Crippen molar-refractivity contribution in [2.45, 2.75) is 108 Å². The Hall–Kier alpha value is -1.79. The number of aliphatic hydroxyl groups excluding tert-OH is 1. The van der Waals surface area contributed by atoms with Crippen molar-refractivity contribution in [1.82, 2.24) is 29.4 Å². The fourth-order valence-electron chi connectivity index (χ4n) is 8.25. The van der Waals surface area contributed by atoms with Gasteiger partial charge < -0.3 is 53.6 Å². The summed E-state index contributed by atoms with van der Waals surface area (Å²) in [6, 6.07) is 0. The predicted octanol–water partition coefficient (Wildman–Crippen LogP) is 4.07. The smallest absolute Gasteiger partial charge is 0.396 e. The molecule has 6 rings (SSSR count).